The lowest BCUT2D eigenvalue weighted by molar-refractivity contribution is -0.127. The maximum atomic E-state index is 14.1. The van der Waals surface area contributed by atoms with Crippen LogP contribution < -0.4 is 4.74 Å². The van der Waals surface area contributed by atoms with Gasteiger partial charge in [-0.3, -0.25) is 0 Å². The summed E-state index contributed by atoms with van der Waals surface area (Å²) in [6.45, 7) is -0.848. The van der Waals surface area contributed by atoms with Crippen molar-refractivity contribution in [1.82, 2.24) is 9.88 Å². The van der Waals surface area contributed by atoms with Crippen LogP contribution in [0.3, 0.4) is 0 Å². The van der Waals surface area contributed by atoms with E-state index in [1.54, 1.807) is 0 Å². The van der Waals surface area contributed by atoms with Crippen molar-refractivity contribution >= 4 is 6.09 Å². The van der Waals surface area contributed by atoms with E-state index in [9.17, 15) is 26.7 Å². The Morgan fingerprint density at radius 3 is 2.71 bits per heavy atom. The fraction of sp³-hybridized carbons (Fsp3) is 0.571. The van der Waals surface area contributed by atoms with Crippen molar-refractivity contribution in [2.45, 2.75) is 30.9 Å². The summed E-state index contributed by atoms with van der Waals surface area (Å²) in [6, 6.07) is 0.962. The molecule has 1 amide bonds. The van der Waals surface area contributed by atoms with Crippen LogP contribution in [0.4, 0.5) is 26.7 Å². The number of pyridine rings is 1. The molecule has 2 heterocycles. The largest absolute Gasteiger partial charge is 0.481 e. The number of amides is 1. The summed E-state index contributed by atoms with van der Waals surface area (Å²) in [6.07, 6.45) is -6.99. The van der Waals surface area contributed by atoms with Crippen LogP contribution in [0.15, 0.2) is 12.3 Å². The van der Waals surface area contributed by atoms with Gasteiger partial charge in [0.15, 0.2) is 0 Å². The molecule has 1 aliphatic rings. The summed E-state index contributed by atoms with van der Waals surface area (Å²) < 4.78 is 70.9. The number of likely N-dealkylation sites (tertiary alicyclic amines) is 1. The molecule has 1 unspecified atom stereocenters. The Morgan fingerprint density at radius 1 is 1.50 bits per heavy atom. The van der Waals surface area contributed by atoms with Crippen LogP contribution in [-0.2, 0) is 6.42 Å². The molecule has 10 heteroatoms. The molecule has 134 valence electrons. The number of carbonyl (C=O) groups is 1. The molecular formula is C14H15F5N2O3. The van der Waals surface area contributed by atoms with E-state index in [1.165, 1.54) is 0 Å². The molecule has 5 nitrogen and oxygen atoms in total. The van der Waals surface area contributed by atoms with Crippen molar-refractivity contribution in [3.05, 3.63) is 23.4 Å². The number of nitrogens with zero attached hydrogens (tertiary/aromatic N) is 2. The fourth-order valence-corrected chi connectivity index (χ4v) is 2.66. The van der Waals surface area contributed by atoms with E-state index in [0.717, 1.165) is 24.3 Å². The van der Waals surface area contributed by atoms with E-state index in [-0.39, 0.29) is 23.6 Å². The number of aromatic nitrogens is 1. The zero-order chi connectivity index (χ0) is 18.1. The van der Waals surface area contributed by atoms with Crippen molar-refractivity contribution in [3.63, 3.8) is 0 Å². The molecule has 0 saturated carbocycles. The monoisotopic (exact) mass is 354 g/mol. The molecule has 1 aliphatic heterocycles. The number of hydrogen-bond donors (Lipinski definition) is 1. The van der Waals surface area contributed by atoms with Gasteiger partial charge in [-0.1, -0.05) is 0 Å². The van der Waals surface area contributed by atoms with Gasteiger partial charge in [0.2, 0.25) is 5.88 Å². The maximum absolute atomic E-state index is 14.1. The fourth-order valence-electron chi connectivity index (χ4n) is 2.66. The van der Waals surface area contributed by atoms with Crippen molar-refractivity contribution in [2.24, 2.45) is 0 Å². The molecule has 1 fully saturated rings. The van der Waals surface area contributed by atoms with Crippen molar-refractivity contribution in [1.29, 1.82) is 0 Å². The van der Waals surface area contributed by atoms with Crippen LogP contribution in [0.2, 0.25) is 0 Å². The maximum Gasteiger partial charge on any atom is 0.407 e. The molecule has 1 N–H and O–H groups in total. The summed E-state index contributed by atoms with van der Waals surface area (Å²) in [5.74, 6) is -5.10. The Kier molecular flexibility index (Phi) is 4.86. The minimum Gasteiger partial charge on any atom is -0.481 e. The van der Waals surface area contributed by atoms with Gasteiger partial charge in [-0.2, -0.15) is 13.2 Å². The van der Waals surface area contributed by atoms with Crippen LogP contribution in [-0.4, -0.2) is 53.4 Å². The third-order valence-electron chi connectivity index (χ3n) is 3.83. The smallest absolute Gasteiger partial charge is 0.407 e. The zero-order valence-electron chi connectivity index (χ0n) is 12.6. The molecule has 1 atom stereocenters. The van der Waals surface area contributed by atoms with Gasteiger partial charge in [-0.25, -0.2) is 18.6 Å². The lowest BCUT2D eigenvalue weighted by Crippen LogP contribution is -2.47. The number of halogens is 5. The number of alkyl halides is 5. The van der Waals surface area contributed by atoms with Crippen LogP contribution in [0.1, 0.15) is 23.5 Å². The average molecular weight is 354 g/mol. The van der Waals surface area contributed by atoms with E-state index in [4.69, 9.17) is 9.84 Å². The normalized spacial score (nSPS) is 20.8. The Morgan fingerprint density at radius 2 is 2.17 bits per heavy atom. The quantitative estimate of drug-likeness (QED) is 0.846. The molecule has 1 aromatic rings. The minimum atomic E-state index is -4.56. The lowest BCUT2D eigenvalue weighted by atomic mass is 9.87. The minimum absolute atomic E-state index is 0.147. The highest BCUT2D eigenvalue weighted by atomic mass is 19.4. The second-order valence-electron chi connectivity index (χ2n) is 5.52. The van der Waals surface area contributed by atoms with Crippen molar-refractivity contribution in [3.8, 4) is 5.88 Å². The molecule has 0 radical (unpaired) electrons. The third kappa shape index (κ3) is 4.04. The first-order valence-electron chi connectivity index (χ1n) is 6.99. The van der Waals surface area contributed by atoms with E-state index < -0.39 is 43.5 Å². The average Bonchev–Trinajstić information content (AvgIpc) is 2.45. The second kappa shape index (κ2) is 6.40. The van der Waals surface area contributed by atoms with Crippen molar-refractivity contribution < 1.29 is 36.6 Å². The first-order valence-corrected chi connectivity index (χ1v) is 6.99. The lowest BCUT2D eigenvalue weighted by Gasteiger charge is -2.37. The SMILES string of the molecule is COc1ncc(C2CN(C(=O)O)CCC2(F)F)cc1CC(F)(F)F. The van der Waals surface area contributed by atoms with Crippen LogP contribution in [0.5, 0.6) is 5.88 Å². The van der Waals surface area contributed by atoms with E-state index in [1.807, 2.05) is 0 Å². The Bertz CT molecular complexity index is 621. The van der Waals surface area contributed by atoms with E-state index in [0.29, 0.717) is 0 Å². The van der Waals surface area contributed by atoms with Crippen molar-refractivity contribution in [2.75, 3.05) is 20.2 Å². The van der Waals surface area contributed by atoms with Gasteiger partial charge < -0.3 is 14.7 Å². The topological polar surface area (TPSA) is 62.7 Å². The molecule has 24 heavy (non-hydrogen) atoms. The molecule has 0 spiro atoms. The highest BCUT2D eigenvalue weighted by Crippen LogP contribution is 2.41. The number of rotatable bonds is 3. The molecule has 1 aromatic heterocycles. The van der Waals surface area contributed by atoms with Gasteiger partial charge >= 0.3 is 12.3 Å². The number of hydrogen-bond acceptors (Lipinski definition) is 3. The van der Waals surface area contributed by atoms with Gasteiger partial charge in [0.05, 0.1) is 19.4 Å². The molecular weight excluding hydrogens is 339 g/mol. The summed E-state index contributed by atoms with van der Waals surface area (Å²) in [4.78, 5) is 15.5. The molecule has 0 aliphatic carbocycles. The van der Waals surface area contributed by atoms with Gasteiger partial charge in [-0.15, -0.1) is 0 Å². The first kappa shape index (κ1) is 18.2. The third-order valence-corrected chi connectivity index (χ3v) is 3.83. The van der Waals surface area contributed by atoms with Crippen LogP contribution in [0, 0.1) is 0 Å². The van der Waals surface area contributed by atoms with E-state index >= 15 is 0 Å². The van der Waals surface area contributed by atoms with Gasteiger partial charge in [0.25, 0.3) is 5.92 Å². The molecule has 2 rings (SSSR count). The predicted molar refractivity (Wildman–Crippen MR) is 72.5 cm³/mol. The van der Waals surface area contributed by atoms with Crippen LogP contribution in [0.25, 0.3) is 0 Å². The number of ether oxygens (including phenoxy) is 1. The number of piperidine rings is 1. The highest BCUT2D eigenvalue weighted by molar-refractivity contribution is 5.65. The summed E-state index contributed by atoms with van der Waals surface area (Å²) in [7, 11) is 1.13. The standard InChI is InChI=1S/C14H15F5N2O3/c1-24-11-8(5-14(17,18)19)4-9(6-20-11)10-7-21(12(22)23)3-2-13(10,15)16/h4,6,10H,2-3,5,7H2,1H3,(H,22,23). The number of methoxy groups -OCH3 is 1. The molecule has 0 aromatic carbocycles. The summed E-state index contributed by atoms with van der Waals surface area (Å²) in [5, 5.41) is 8.96. The Labute approximate surface area is 134 Å². The van der Waals surface area contributed by atoms with E-state index in [2.05, 4.69) is 4.98 Å². The predicted octanol–water partition coefficient (Wildman–Crippen LogP) is 3.30. The zero-order valence-corrected chi connectivity index (χ0v) is 12.6. The Hall–Kier alpha value is -2.13. The highest BCUT2D eigenvalue weighted by Gasteiger charge is 2.46. The Balaban J connectivity index is 2.38. The van der Waals surface area contributed by atoms with Gasteiger partial charge in [-0.05, 0) is 11.6 Å². The first-order chi connectivity index (χ1) is 11.0. The summed E-state index contributed by atoms with van der Waals surface area (Å²) in [5.41, 5.74) is -0.517. The molecule has 0 bridgehead atoms. The summed E-state index contributed by atoms with van der Waals surface area (Å²) >= 11 is 0. The van der Waals surface area contributed by atoms with Gasteiger partial charge in [0, 0.05) is 31.3 Å². The molecule has 1 saturated heterocycles. The van der Waals surface area contributed by atoms with Gasteiger partial charge in [0.1, 0.15) is 0 Å². The number of carboxylic acid groups (broad SMARTS) is 1. The second-order valence-corrected chi connectivity index (χ2v) is 5.52. The van der Waals surface area contributed by atoms with Crippen LogP contribution >= 0.6 is 0 Å².